The van der Waals surface area contributed by atoms with Crippen molar-refractivity contribution in [3.05, 3.63) is 65.7 Å². The number of sulfonamides is 1. The molecule has 2 aromatic carbocycles. The topological polar surface area (TPSA) is 195 Å². The quantitative estimate of drug-likeness (QED) is 0.247. The van der Waals surface area contributed by atoms with Crippen molar-refractivity contribution in [3.8, 4) is 29.1 Å². The zero-order valence-corrected chi connectivity index (χ0v) is 20.7. The Balaban J connectivity index is 1.65. The molecule has 0 aliphatic carbocycles. The van der Waals surface area contributed by atoms with Crippen LogP contribution in [0.5, 0.6) is 5.75 Å². The number of nitriles is 2. The Morgan fingerprint density at radius 3 is 2.61 bits per heavy atom. The van der Waals surface area contributed by atoms with Crippen LogP contribution in [0.25, 0.3) is 11.3 Å². The van der Waals surface area contributed by atoms with Gasteiger partial charge in [0, 0.05) is 22.5 Å². The standard InChI is InChI=1S/C24H20FN9O3S/c1-14-2-3-17(11-21(14)38(28,35)36)32-24-29-13-19(25)23(33-24)31-16-4-5-20(37-9-8-27)18(10-16)22-15(6-7-26)12-30-34-22/h2-5,10-13H,6,9H2,1H3,(H,30,34)(H2,28,35,36)(H2,29,31,32,33). The maximum absolute atomic E-state index is 14.6. The zero-order chi connectivity index (χ0) is 27.3. The predicted octanol–water partition coefficient (Wildman–Crippen LogP) is 3.42. The summed E-state index contributed by atoms with van der Waals surface area (Å²) in [5, 5.41) is 35.9. The molecule has 5 N–H and O–H groups in total. The largest absolute Gasteiger partial charge is 0.478 e. The van der Waals surface area contributed by atoms with Crippen LogP contribution < -0.4 is 20.5 Å². The van der Waals surface area contributed by atoms with Gasteiger partial charge in [0.25, 0.3) is 0 Å². The smallest absolute Gasteiger partial charge is 0.238 e. The fraction of sp³-hybridized carbons (Fsp3) is 0.125. The average Bonchev–Trinajstić information content (AvgIpc) is 3.34. The summed E-state index contributed by atoms with van der Waals surface area (Å²) in [6, 6.07) is 13.3. The molecule has 4 rings (SSSR count). The number of halogens is 1. The number of benzene rings is 2. The molecule has 2 aromatic heterocycles. The van der Waals surface area contributed by atoms with E-state index in [0.29, 0.717) is 39.5 Å². The lowest BCUT2D eigenvalue weighted by molar-refractivity contribution is 0.369. The van der Waals surface area contributed by atoms with Gasteiger partial charge in [-0.15, -0.1) is 0 Å². The van der Waals surface area contributed by atoms with Gasteiger partial charge in [-0.2, -0.15) is 20.6 Å². The molecular weight excluding hydrogens is 513 g/mol. The second kappa shape index (κ2) is 10.9. The van der Waals surface area contributed by atoms with Gasteiger partial charge in [0.15, 0.2) is 18.2 Å². The highest BCUT2D eigenvalue weighted by Crippen LogP contribution is 2.35. The molecule has 38 heavy (non-hydrogen) atoms. The van der Waals surface area contributed by atoms with Crippen LogP contribution in [0.15, 0.2) is 53.7 Å². The number of aromatic nitrogens is 4. The van der Waals surface area contributed by atoms with E-state index in [4.69, 9.17) is 20.4 Å². The number of ether oxygens (including phenoxy) is 1. The van der Waals surface area contributed by atoms with Gasteiger partial charge in [0.05, 0.1) is 35.5 Å². The van der Waals surface area contributed by atoms with Crippen LogP contribution in [0.1, 0.15) is 11.1 Å². The number of primary sulfonamides is 1. The van der Waals surface area contributed by atoms with E-state index < -0.39 is 15.8 Å². The number of rotatable bonds is 9. The maximum Gasteiger partial charge on any atom is 0.238 e. The minimum Gasteiger partial charge on any atom is -0.478 e. The van der Waals surface area contributed by atoms with Crippen LogP contribution in [0.3, 0.4) is 0 Å². The summed E-state index contributed by atoms with van der Waals surface area (Å²) < 4.78 is 43.8. The molecule has 4 aromatic rings. The van der Waals surface area contributed by atoms with Crippen molar-refractivity contribution < 1.29 is 17.5 Å². The molecule has 14 heteroatoms. The molecule has 0 bridgehead atoms. The van der Waals surface area contributed by atoms with Crippen molar-refractivity contribution in [2.75, 3.05) is 17.2 Å². The predicted molar refractivity (Wildman–Crippen MR) is 136 cm³/mol. The summed E-state index contributed by atoms with van der Waals surface area (Å²) in [6.45, 7) is 1.40. The van der Waals surface area contributed by atoms with Gasteiger partial charge < -0.3 is 15.4 Å². The van der Waals surface area contributed by atoms with E-state index in [9.17, 15) is 12.8 Å². The van der Waals surface area contributed by atoms with Crippen LogP contribution in [-0.4, -0.2) is 35.2 Å². The van der Waals surface area contributed by atoms with Crippen LogP contribution in [0.4, 0.5) is 27.5 Å². The molecule has 0 atom stereocenters. The third kappa shape index (κ3) is 5.84. The first-order valence-electron chi connectivity index (χ1n) is 10.9. The normalized spacial score (nSPS) is 10.9. The van der Waals surface area contributed by atoms with Crippen molar-refractivity contribution in [1.82, 2.24) is 20.2 Å². The van der Waals surface area contributed by atoms with Gasteiger partial charge in [0.2, 0.25) is 16.0 Å². The van der Waals surface area contributed by atoms with Crippen molar-refractivity contribution >= 4 is 33.2 Å². The zero-order valence-electron chi connectivity index (χ0n) is 19.9. The first-order valence-corrected chi connectivity index (χ1v) is 12.5. The number of H-pyrrole nitrogens is 1. The number of nitrogens with two attached hydrogens (primary N) is 1. The fourth-order valence-corrected chi connectivity index (χ4v) is 4.38. The Kier molecular flexibility index (Phi) is 7.48. The first-order chi connectivity index (χ1) is 18.2. The van der Waals surface area contributed by atoms with E-state index in [1.165, 1.54) is 12.3 Å². The van der Waals surface area contributed by atoms with Crippen molar-refractivity contribution in [2.45, 2.75) is 18.2 Å². The molecule has 0 amide bonds. The van der Waals surface area contributed by atoms with E-state index in [-0.39, 0.29) is 29.7 Å². The monoisotopic (exact) mass is 533 g/mol. The lowest BCUT2D eigenvalue weighted by Gasteiger charge is -2.14. The Morgan fingerprint density at radius 2 is 1.87 bits per heavy atom. The minimum absolute atomic E-state index is 0.00260. The summed E-state index contributed by atoms with van der Waals surface area (Å²) in [6.07, 6.45) is 2.56. The van der Waals surface area contributed by atoms with Crippen LogP contribution in [0.2, 0.25) is 0 Å². The molecule has 0 unspecified atom stereocenters. The third-order valence-corrected chi connectivity index (χ3v) is 6.34. The fourth-order valence-electron chi connectivity index (χ4n) is 3.57. The number of aromatic amines is 1. The Labute approximate surface area is 217 Å². The van der Waals surface area contributed by atoms with Crippen LogP contribution >= 0.6 is 0 Å². The number of aryl methyl sites for hydroxylation is 1. The highest BCUT2D eigenvalue weighted by molar-refractivity contribution is 7.89. The Morgan fingerprint density at radius 1 is 1.11 bits per heavy atom. The molecule has 12 nitrogen and oxygen atoms in total. The van der Waals surface area contributed by atoms with Gasteiger partial charge in [0.1, 0.15) is 11.8 Å². The van der Waals surface area contributed by atoms with Crippen molar-refractivity contribution in [2.24, 2.45) is 5.14 Å². The van der Waals surface area contributed by atoms with Gasteiger partial charge in [-0.1, -0.05) is 6.07 Å². The van der Waals surface area contributed by atoms with E-state index in [2.05, 4.69) is 36.9 Å². The van der Waals surface area contributed by atoms with Gasteiger partial charge >= 0.3 is 0 Å². The SMILES string of the molecule is Cc1ccc(Nc2ncc(F)c(Nc3ccc(OCC#N)c(-c4[nH]ncc4CC#N)c3)n2)cc1S(N)(=O)=O. The maximum atomic E-state index is 14.6. The highest BCUT2D eigenvalue weighted by atomic mass is 32.2. The van der Waals surface area contributed by atoms with E-state index in [1.807, 2.05) is 6.07 Å². The lowest BCUT2D eigenvalue weighted by Crippen LogP contribution is -2.14. The minimum atomic E-state index is -3.95. The summed E-state index contributed by atoms with van der Waals surface area (Å²) in [7, 11) is -3.95. The molecule has 192 valence electrons. The first kappa shape index (κ1) is 26.0. The molecule has 0 saturated heterocycles. The van der Waals surface area contributed by atoms with Crippen LogP contribution in [0, 0.1) is 35.4 Å². The summed E-state index contributed by atoms with van der Waals surface area (Å²) in [4.78, 5) is 8.01. The number of anilines is 4. The molecule has 2 heterocycles. The Bertz CT molecular complexity index is 1690. The number of hydrogen-bond acceptors (Lipinski definition) is 10. The second-order valence-electron chi connectivity index (χ2n) is 7.93. The molecule has 0 saturated carbocycles. The molecular formula is C24H20FN9O3S. The molecule has 0 aliphatic heterocycles. The third-order valence-electron chi connectivity index (χ3n) is 5.29. The molecule has 0 fully saturated rings. The summed E-state index contributed by atoms with van der Waals surface area (Å²) >= 11 is 0. The number of nitrogens with one attached hydrogen (secondary N) is 3. The van der Waals surface area contributed by atoms with Crippen LogP contribution in [-0.2, 0) is 16.4 Å². The van der Waals surface area contributed by atoms with Gasteiger partial charge in [-0.05, 0) is 42.8 Å². The van der Waals surface area contributed by atoms with Gasteiger partial charge in [-0.25, -0.2) is 22.9 Å². The number of hydrogen-bond donors (Lipinski definition) is 4. The van der Waals surface area contributed by atoms with Crippen molar-refractivity contribution in [3.63, 3.8) is 0 Å². The van der Waals surface area contributed by atoms with Gasteiger partial charge in [-0.3, -0.25) is 5.10 Å². The molecule has 0 aliphatic rings. The summed E-state index contributed by atoms with van der Waals surface area (Å²) in [5.74, 6) is -0.559. The Hall–Kier alpha value is -5.05. The number of nitrogens with zero attached hydrogens (tertiary/aromatic N) is 5. The highest BCUT2D eigenvalue weighted by Gasteiger charge is 2.16. The van der Waals surface area contributed by atoms with Crippen molar-refractivity contribution in [1.29, 1.82) is 10.5 Å². The van der Waals surface area contributed by atoms with E-state index in [0.717, 1.165) is 6.20 Å². The van der Waals surface area contributed by atoms with E-state index >= 15 is 0 Å². The second-order valence-corrected chi connectivity index (χ2v) is 9.46. The molecule has 0 radical (unpaired) electrons. The van der Waals surface area contributed by atoms with E-state index in [1.54, 1.807) is 37.3 Å². The summed E-state index contributed by atoms with van der Waals surface area (Å²) in [5.41, 5.74) is 2.84. The average molecular weight is 534 g/mol. The lowest BCUT2D eigenvalue weighted by atomic mass is 10.0. The molecule has 0 spiro atoms.